The third kappa shape index (κ3) is 2.75. The van der Waals surface area contributed by atoms with E-state index in [9.17, 15) is 0 Å². The molecule has 0 unspecified atom stereocenters. The molecule has 0 bridgehead atoms. The number of aromatic nitrogens is 3. The van der Waals surface area contributed by atoms with E-state index in [1.807, 2.05) is 54.8 Å². The van der Waals surface area contributed by atoms with Gasteiger partial charge in [0.2, 0.25) is 0 Å². The molecule has 114 valence electrons. The first-order chi connectivity index (χ1) is 11.2. The molecule has 2 heterocycles. The molecule has 0 amide bonds. The average molecular weight is 385 g/mol. The number of aryl methyl sites for hydroxylation is 1. The predicted octanol–water partition coefficient (Wildman–Crippen LogP) is 5.30. The minimum atomic E-state index is 0.861. The first kappa shape index (κ1) is 14.4. The van der Waals surface area contributed by atoms with Gasteiger partial charge in [-0.1, -0.05) is 28.1 Å². The average Bonchev–Trinajstić information content (AvgIpc) is 3.12. The van der Waals surface area contributed by atoms with Crippen molar-refractivity contribution in [3.63, 3.8) is 0 Å². The summed E-state index contributed by atoms with van der Waals surface area (Å²) in [6.07, 6.45) is 0. The molecule has 4 nitrogen and oxygen atoms in total. The Morgan fingerprint density at radius 1 is 1.04 bits per heavy atom. The first-order valence-corrected chi connectivity index (χ1v) is 8.80. The van der Waals surface area contributed by atoms with Crippen molar-refractivity contribution < 1.29 is 0 Å². The zero-order valence-electron chi connectivity index (χ0n) is 12.3. The first-order valence-electron chi connectivity index (χ1n) is 7.13. The fraction of sp³-hybridized carbons (Fsp3) is 0.0588. The van der Waals surface area contributed by atoms with Gasteiger partial charge in [-0.05, 0) is 43.3 Å². The summed E-state index contributed by atoms with van der Waals surface area (Å²) in [5.74, 6) is 1.83. The highest BCUT2D eigenvalue weighted by molar-refractivity contribution is 9.10. The minimum Gasteiger partial charge on any atom is -0.331 e. The Kier molecular flexibility index (Phi) is 3.63. The van der Waals surface area contributed by atoms with E-state index in [2.05, 4.69) is 36.9 Å². The summed E-state index contributed by atoms with van der Waals surface area (Å²) in [5.41, 5.74) is 3.08. The highest BCUT2D eigenvalue weighted by Gasteiger charge is 2.11. The lowest BCUT2D eigenvalue weighted by atomic mass is 10.3. The van der Waals surface area contributed by atoms with Crippen LogP contribution >= 0.6 is 27.3 Å². The van der Waals surface area contributed by atoms with Crippen molar-refractivity contribution in [2.24, 2.45) is 0 Å². The van der Waals surface area contributed by atoms with Gasteiger partial charge in [0.15, 0.2) is 10.9 Å². The van der Waals surface area contributed by atoms with Crippen LogP contribution < -0.4 is 5.32 Å². The molecular weight excluding hydrogens is 372 g/mol. The number of nitrogens with zero attached hydrogens (tertiary/aromatic N) is 3. The number of anilines is 2. The Morgan fingerprint density at radius 3 is 2.65 bits per heavy atom. The Balaban J connectivity index is 1.69. The Bertz CT molecular complexity index is 972. The third-order valence-corrected chi connectivity index (χ3v) is 4.82. The van der Waals surface area contributed by atoms with E-state index in [0.29, 0.717) is 0 Å². The van der Waals surface area contributed by atoms with Crippen molar-refractivity contribution in [1.82, 2.24) is 14.5 Å². The van der Waals surface area contributed by atoms with E-state index in [1.165, 1.54) is 0 Å². The van der Waals surface area contributed by atoms with Crippen LogP contribution in [0.5, 0.6) is 0 Å². The number of rotatable bonds is 3. The lowest BCUT2D eigenvalue weighted by Crippen LogP contribution is -1.98. The number of hydrogen-bond acceptors (Lipinski definition) is 4. The number of hydrogen-bond donors (Lipinski definition) is 1. The highest BCUT2D eigenvalue weighted by Crippen LogP contribution is 2.27. The van der Waals surface area contributed by atoms with E-state index < -0.39 is 0 Å². The van der Waals surface area contributed by atoms with E-state index in [4.69, 9.17) is 4.98 Å². The van der Waals surface area contributed by atoms with Crippen LogP contribution in [0.1, 0.15) is 5.82 Å². The second-order valence-electron chi connectivity index (χ2n) is 5.13. The van der Waals surface area contributed by atoms with Gasteiger partial charge >= 0.3 is 0 Å². The number of thiazole rings is 1. The zero-order valence-corrected chi connectivity index (χ0v) is 14.7. The molecular formula is C17H13BrN4S. The number of benzene rings is 2. The lowest BCUT2D eigenvalue weighted by molar-refractivity contribution is 0.970. The summed E-state index contributed by atoms with van der Waals surface area (Å²) in [4.78, 5) is 9.29. The van der Waals surface area contributed by atoms with Crippen molar-refractivity contribution >= 4 is 49.1 Å². The van der Waals surface area contributed by atoms with Gasteiger partial charge in [-0.3, -0.25) is 4.57 Å². The predicted molar refractivity (Wildman–Crippen MR) is 98.9 cm³/mol. The topological polar surface area (TPSA) is 42.7 Å². The Morgan fingerprint density at radius 2 is 1.83 bits per heavy atom. The van der Waals surface area contributed by atoms with Gasteiger partial charge in [0.05, 0.1) is 11.0 Å². The molecule has 0 spiro atoms. The van der Waals surface area contributed by atoms with Crippen LogP contribution in [0.25, 0.3) is 16.9 Å². The fourth-order valence-electron chi connectivity index (χ4n) is 2.52. The minimum absolute atomic E-state index is 0.861. The van der Waals surface area contributed by atoms with Crippen molar-refractivity contribution in [2.75, 3.05) is 5.32 Å². The van der Waals surface area contributed by atoms with Crippen LogP contribution in [0.3, 0.4) is 0 Å². The molecule has 4 aromatic rings. The summed E-state index contributed by atoms with van der Waals surface area (Å²) in [6.45, 7) is 2.00. The van der Waals surface area contributed by atoms with Crippen molar-refractivity contribution in [3.8, 4) is 5.82 Å². The van der Waals surface area contributed by atoms with Crippen LogP contribution in [0.4, 0.5) is 10.8 Å². The monoisotopic (exact) mass is 384 g/mol. The number of nitrogens with one attached hydrogen (secondary N) is 1. The molecule has 6 heteroatoms. The Labute approximate surface area is 146 Å². The molecule has 0 aliphatic carbocycles. The van der Waals surface area contributed by atoms with Gasteiger partial charge in [0, 0.05) is 15.5 Å². The lowest BCUT2D eigenvalue weighted by Gasteiger charge is -2.03. The molecule has 0 aliphatic rings. The molecule has 0 atom stereocenters. The van der Waals surface area contributed by atoms with Gasteiger partial charge in [-0.15, -0.1) is 11.3 Å². The number of fused-ring (bicyclic) bond motifs is 1. The van der Waals surface area contributed by atoms with Crippen molar-refractivity contribution in [2.45, 2.75) is 6.92 Å². The maximum Gasteiger partial charge on any atom is 0.189 e. The van der Waals surface area contributed by atoms with Gasteiger partial charge in [0.1, 0.15) is 5.82 Å². The van der Waals surface area contributed by atoms with Crippen LogP contribution in [0, 0.1) is 6.92 Å². The molecule has 0 radical (unpaired) electrons. The maximum absolute atomic E-state index is 4.70. The van der Waals surface area contributed by atoms with Crippen LogP contribution in [-0.4, -0.2) is 14.5 Å². The standard InChI is InChI=1S/C17H13BrN4S/c1-11-19-14-4-2-3-5-15(14)22(11)16-10-23-17(21-16)20-13-8-6-12(18)7-9-13/h2-10H,1H3,(H,20,21). The van der Waals surface area contributed by atoms with E-state index >= 15 is 0 Å². The molecule has 0 fully saturated rings. The largest absolute Gasteiger partial charge is 0.331 e. The number of imidazole rings is 1. The van der Waals surface area contributed by atoms with Crippen molar-refractivity contribution in [1.29, 1.82) is 0 Å². The van der Waals surface area contributed by atoms with E-state index in [1.54, 1.807) is 11.3 Å². The second kappa shape index (κ2) is 5.79. The van der Waals surface area contributed by atoms with Crippen molar-refractivity contribution in [3.05, 3.63) is 64.2 Å². The summed E-state index contributed by atoms with van der Waals surface area (Å²) in [7, 11) is 0. The summed E-state index contributed by atoms with van der Waals surface area (Å²) < 4.78 is 3.14. The smallest absolute Gasteiger partial charge is 0.189 e. The fourth-order valence-corrected chi connectivity index (χ4v) is 3.48. The quantitative estimate of drug-likeness (QED) is 0.521. The van der Waals surface area contributed by atoms with Crippen LogP contribution in [0.2, 0.25) is 0 Å². The number of para-hydroxylation sites is 2. The van der Waals surface area contributed by atoms with E-state index in [0.717, 1.165) is 38.0 Å². The molecule has 0 saturated carbocycles. The summed E-state index contributed by atoms with van der Waals surface area (Å²) in [6, 6.07) is 16.2. The molecule has 2 aromatic carbocycles. The summed E-state index contributed by atoms with van der Waals surface area (Å²) >= 11 is 5.02. The molecule has 2 aromatic heterocycles. The SMILES string of the molecule is Cc1nc2ccccc2n1-c1csc(Nc2ccc(Br)cc2)n1. The van der Waals surface area contributed by atoms with Crippen LogP contribution in [0.15, 0.2) is 58.4 Å². The normalized spacial score (nSPS) is 11.0. The molecule has 0 saturated heterocycles. The molecule has 4 rings (SSSR count). The molecule has 0 aliphatic heterocycles. The van der Waals surface area contributed by atoms with E-state index in [-0.39, 0.29) is 0 Å². The Hall–Kier alpha value is -2.18. The second-order valence-corrected chi connectivity index (χ2v) is 6.90. The summed E-state index contributed by atoms with van der Waals surface area (Å²) in [5, 5.41) is 6.24. The third-order valence-electron chi connectivity index (χ3n) is 3.55. The van der Waals surface area contributed by atoms with Gasteiger partial charge in [-0.2, -0.15) is 0 Å². The highest BCUT2D eigenvalue weighted by atomic mass is 79.9. The van der Waals surface area contributed by atoms with Gasteiger partial charge < -0.3 is 5.32 Å². The van der Waals surface area contributed by atoms with Crippen LogP contribution in [-0.2, 0) is 0 Å². The number of halogens is 1. The molecule has 1 N–H and O–H groups in total. The molecule has 23 heavy (non-hydrogen) atoms. The maximum atomic E-state index is 4.70. The van der Waals surface area contributed by atoms with Gasteiger partial charge in [0.25, 0.3) is 0 Å². The van der Waals surface area contributed by atoms with Gasteiger partial charge in [-0.25, -0.2) is 9.97 Å². The zero-order chi connectivity index (χ0) is 15.8.